The average molecular weight is 491 g/mol. The molecule has 1 amide bonds. The quantitative estimate of drug-likeness (QED) is 0.251. The van der Waals surface area contributed by atoms with Crippen molar-refractivity contribution >= 4 is 39.7 Å². The van der Waals surface area contributed by atoms with Gasteiger partial charge in [0.1, 0.15) is 18.2 Å². The van der Waals surface area contributed by atoms with Crippen LogP contribution in [0.2, 0.25) is 5.02 Å². The number of hydrogen-bond acceptors (Lipinski definition) is 3. The van der Waals surface area contributed by atoms with E-state index < -0.39 is 0 Å². The number of halogens is 2. The summed E-state index contributed by atoms with van der Waals surface area (Å²) >= 11 is 6.19. The summed E-state index contributed by atoms with van der Waals surface area (Å²) in [5.74, 6) is 0.641. The summed E-state index contributed by atoms with van der Waals surface area (Å²) in [7, 11) is 0. The van der Waals surface area contributed by atoms with Crippen molar-refractivity contribution in [3.8, 4) is 5.75 Å². The molecule has 4 aromatic carbocycles. The van der Waals surface area contributed by atoms with Crippen LogP contribution < -0.4 is 15.4 Å². The molecule has 0 aliphatic rings. The number of hydrogen-bond donors (Lipinski definition) is 2. The number of ether oxygens (including phenoxy) is 1. The van der Waals surface area contributed by atoms with E-state index in [1.54, 1.807) is 6.07 Å². The lowest BCUT2D eigenvalue weighted by Gasteiger charge is -2.17. The number of anilines is 2. The first kappa shape index (κ1) is 24.6. The van der Waals surface area contributed by atoms with Gasteiger partial charge < -0.3 is 15.4 Å². The van der Waals surface area contributed by atoms with Crippen molar-refractivity contribution in [3.63, 3.8) is 0 Å². The summed E-state index contributed by atoms with van der Waals surface area (Å²) in [4.78, 5) is 12.2. The summed E-state index contributed by atoms with van der Waals surface area (Å²) < 4.78 is 19.6. The Balaban J connectivity index is 1.54. The van der Waals surface area contributed by atoms with Gasteiger partial charge in [0.25, 0.3) is 0 Å². The van der Waals surface area contributed by atoms with Crippen LogP contribution in [-0.4, -0.2) is 5.91 Å². The molecule has 0 saturated heterocycles. The number of benzene rings is 4. The predicted octanol–water partition coefficient (Wildman–Crippen LogP) is 7.81. The van der Waals surface area contributed by atoms with Crippen molar-refractivity contribution in [2.45, 2.75) is 33.4 Å². The van der Waals surface area contributed by atoms with Crippen LogP contribution in [0, 0.1) is 11.7 Å². The maximum atomic E-state index is 13.4. The van der Waals surface area contributed by atoms with Crippen LogP contribution in [0.5, 0.6) is 5.75 Å². The van der Waals surface area contributed by atoms with E-state index in [4.69, 9.17) is 16.3 Å². The Hall–Kier alpha value is -3.57. The number of amides is 1. The molecule has 2 N–H and O–H groups in total. The van der Waals surface area contributed by atoms with Gasteiger partial charge in [-0.3, -0.25) is 4.79 Å². The summed E-state index contributed by atoms with van der Waals surface area (Å²) in [5.41, 5.74) is 3.34. The Bertz CT molecular complexity index is 1340. The lowest BCUT2D eigenvalue weighted by molar-refractivity contribution is -0.116. The predicted molar refractivity (Wildman–Crippen MR) is 142 cm³/mol. The zero-order valence-corrected chi connectivity index (χ0v) is 20.5. The van der Waals surface area contributed by atoms with Gasteiger partial charge in [-0.15, -0.1) is 0 Å². The first-order valence-corrected chi connectivity index (χ1v) is 12.0. The smallest absolute Gasteiger partial charge is 0.224 e. The Labute approximate surface area is 210 Å². The molecule has 4 rings (SSSR count). The van der Waals surface area contributed by atoms with E-state index >= 15 is 0 Å². The zero-order chi connectivity index (χ0) is 24.8. The second-order valence-corrected chi connectivity index (χ2v) is 9.28. The van der Waals surface area contributed by atoms with E-state index in [-0.39, 0.29) is 18.3 Å². The van der Waals surface area contributed by atoms with Gasteiger partial charge in [0.05, 0.1) is 5.02 Å². The lowest BCUT2D eigenvalue weighted by atomic mass is 10.0. The van der Waals surface area contributed by atoms with Crippen LogP contribution in [0.3, 0.4) is 0 Å². The largest absolute Gasteiger partial charge is 0.488 e. The minimum Gasteiger partial charge on any atom is -0.488 e. The first-order valence-electron chi connectivity index (χ1n) is 11.6. The summed E-state index contributed by atoms with van der Waals surface area (Å²) in [6, 6.07) is 24.0. The molecule has 0 atom stereocenters. The van der Waals surface area contributed by atoms with Crippen molar-refractivity contribution in [2.24, 2.45) is 5.92 Å². The molecule has 0 aliphatic carbocycles. The Kier molecular flexibility index (Phi) is 7.88. The fourth-order valence-corrected chi connectivity index (χ4v) is 4.13. The number of fused-ring (bicyclic) bond motifs is 1. The van der Waals surface area contributed by atoms with E-state index in [0.29, 0.717) is 29.5 Å². The lowest BCUT2D eigenvalue weighted by Crippen LogP contribution is -2.14. The van der Waals surface area contributed by atoms with Crippen LogP contribution in [0.25, 0.3) is 10.8 Å². The first-order chi connectivity index (χ1) is 16.9. The van der Waals surface area contributed by atoms with Gasteiger partial charge in [0, 0.05) is 35.5 Å². The van der Waals surface area contributed by atoms with Gasteiger partial charge in [-0.25, -0.2) is 4.39 Å². The Morgan fingerprint density at radius 2 is 1.77 bits per heavy atom. The maximum absolute atomic E-state index is 13.4. The molecule has 4 nitrogen and oxygen atoms in total. The van der Waals surface area contributed by atoms with Crippen LogP contribution in [-0.2, 0) is 17.9 Å². The second kappa shape index (κ2) is 11.2. The van der Waals surface area contributed by atoms with Gasteiger partial charge in [-0.2, -0.15) is 0 Å². The van der Waals surface area contributed by atoms with E-state index in [1.807, 2.05) is 62.4 Å². The maximum Gasteiger partial charge on any atom is 0.224 e. The minimum atomic E-state index is -0.378. The third-order valence-corrected chi connectivity index (χ3v) is 5.96. The normalized spacial score (nSPS) is 11.0. The van der Waals surface area contributed by atoms with E-state index in [1.165, 1.54) is 12.1 Å². The van der Waals surface area contributed by atoms with Crippen molar-refractivity contribution < 1.29 is 13.9 Å². The van der Waals surface area contributed by atoms with E-state index in [2.05, 4.69) is 22.8 Å². The Morgan fingerprint density at radius 1 is 0.971 bits per heavy atom. The second-order valence-electron chi connectivity index (χ2n) is 8.87. The molecule has 0 fully saturated rings. The molecule has 0 aromatic heterocycles. The fourth-order valence-electron chi connectivity index (χ4n) is 3.91. The van der Waals surface area contributed by atoms with Gasteiger partial charge in [0.15, 0.2) is 0 Å². The molecule has 0 heterocycles. The van der Waals surface area contributed by atoms with Crippen molar-refractivity contribution in [1.82, 2.24) is 0 Å². The monoisotopic (exact) mass is 490 g/mol. The standard InChI is InChI=1S/C29H28ClFN2O2/c1-19(2)14-29(34)33-24-8-5-7-23(16-24)32-17-26-25-9-4-3-6-20(25)11-13-28(26)35-18-21-10-12-22(31)15-27(21)30/h3-13,15-16,19,32H,14,17-18H2,1-2H3,(H,33,34). The van der Waals surface area contributed by atoms with Crippen molar-refractivity contribution in [1.29, 1.82) is 0 Å². The van der Waals surface area contributed by atoms with Crippen LogP contribution in [0.15, 0.2) is 78.9 Å². The topological polar surface area (TPSA) is 50.4 Å². The molecule has 6 heteroatoms. The van der Waals surface area contributed by atoms with Crippen molar-refractivity contribution in [3.05, 3.63) is 101 Å². The number of carbonyl (C=O) groups excluding carboxylic acids is 1. The summed E-state index contributed by atoms with van der Waals surface area (Å²) in [6.07, 6.45) is 0.479. The molecular formula is C29H28ClFN2O2. The fraction of sp³-hybridized carbons (Fsp3) is 0.207. The highest BCUT2D eigenvalue weighted by Crippen LogP contribution is 2.31. The van der Waals surface area contributed by atoms with E-state index in [9.17, 15) is 9.18 Å². The SMILES string of the molecule is CC(C)CC(=O)Nc1cccc(NCc2c(OCc3ccc(F)cc3Cl)ccc3ccccc23)c1. The molecular weight excluding hydrogens is 463 g/mol. The number of carbonyl (C=O) groups is 1. The number of rotatable bonds is 9. The summed E-state index contributed by atoms with van der Waals surface area (Å²) in [5, 5.41) is 8.93. The molecule has 180 valence electrons. The zero-order valence-electron chi connectivity index (χ0n) is 19.8. The summed E-state index contributed by atoms with van der Waals surface area (Å²) in [6.45, 7) is 4.77. The highest BCUT2D eigenvalue weighted by atomic mass is 35.5. The van der Waals surface area contributed by atoms with Gasteiger partial charge in [-0.05, 0) is 53.1 Å². The van der Waals surface area contributed by atoms with Crippen LogP contribution in [0.4, 0.5) is 15.8 Å². The molecule has 35 heavy (non-hydrogen) atoms. The third kappa shape index (κ3) is 6.52. The third-order valence-electron chi connectivity index (χ3n) is 5.61. The highest BCUT2D eigenvalue weighted by Gasteiger charge is 2.12. The molecule has 0 saturated carbocycles. The van der Waals surface area contributed by atoms with Gasteiger partial charge in [0.2, 0.25) is 5.91 Å². The molecule has 0 unspecified atom stereocenters. The van der Waals surface area contributed by atoms with Gasteiger partial charge in [-0.1, -0.05) is 67.9 Å². The number of nitrogens with one attached hydrogen (secondary N) is 2. The van der Waals surface area contributed by atoms with Crippen molar-refractivity contribution in [2.75, 3.05) is 10.6 Å². The van der Waals surface area contributed by atoms with E-state index in [0.717, 1.165) is 33.5 Å². The van der Waals surface area contributed by atoms with Crippen LogP contribution in [0.1, 0.15) is 31.4 Å². The van der Waals surface area contributed by atoms with Crippen LogP contribution >= 0.6 is 11.6 Å². The van der Waals surface area contributed by atoms with Gasteiger partial charge >= 0.3 is 0 Å². The highest BCUT2D eigenvalue weighted by molar-refractivity contribution is 6.31. The molecule has 0 spiro atoms. The molecule has 4 aromatic rings. The molecule has 0 aliphatic heterocycles. The Morgan fingerprint density at radius 3 is 2.57 bits per heavy atom. The average Bonchev–Trinajstić information content (AvgIpc) is 2.82. The minimum absolute atomic E-state index is 0.00124. The molecule has 0 radical (unpaired) electrons. The molecule has 0 bridgehead atoms.